The Kier molecular flexibility index (Phi) is 4.19. The van der Waals surface area contributed by atoms with Gasteiger partial charge in [0.1, 0.15) is 5.82 Å². The second kappa shape index (κ2) is 5.71. The number of rotatable bonds is 4. The highest BCUT2D eigenvalue weighted by Gasteiger charge is 2.22. The molecule has 0 amide bonds. The highest BCUT2D eigenvalue weighted by atomic mass is 15.0. The van der Waals surface area contributed by atoms with E-state index < -0.39 is 0 Å². The van der Waals surface area contributed by atoms with Crippen LogP contribution in [0.3, 0.4) is 0 Å². The van der Waals surface area contributed by atoms with Crippen molar-refractivity contribution >= 4 is 0 Å². The third kappa shape index (κ3) is 3.05. The molecular weight excluding hydrogens is 246 g/mol. The Morgan fingerprint density at radius 2 is 1.75 bits per heavy atom. The minimum atomic E-state index is -0.232. The van der Waals surface area contributed by atoms with Gasteiger partial charge in [0.2, 0.25) is 0 Å². The smallest absolute Gasteiger partial charge is 0.148 e. The van der Waals surface area contributed by atoms with Gasteiger partial charge >= 0.3 is 0 Å². The molecule has 0 saturated heterocycles. The molecule has 106 valence electrons. The van der Waals surface area contributed by atoms with Gasteiger partial charge in [0.25, 0.3) is 0 Å². The van der Waals surface area contributed by atoms with Crippen molar-refractivity contribution in [2.75, 3.05) is 7.05 Å². The molecule has 0 fully saturated rings. The van der Waals surface area contributed by atoms with Crippen molar-refractivity contribution in [3.05, 3.63) is 47.4 Å². The topological polar surface area (TPSA) is 37.8 Å². The van der Waals surface area contributed by atoms with E-state index >= 15 is 0 Å². The first kappa shape index (κ1) is 14.7. The van der Waals surface area contributed by atoms with Crippen molar-refractivity contribution in [2.45, 2.75) is 39.7 Å². The van der Waals surface area contributed by atoms with Crippen LogP contribution in [-0.2, 0) is 12.0 Å². The van der Waals surface area contributed by atoms with Crippen molar-refractivity contribution in [3.63, 3.8) is 0 Å². The van der Waals surface area contributed by atoms with E-state index in [4.69, 9.17) is 4.98 Å². The number of aromatic nitrogens is 2. The first-order valence-corrected chi connectivity index (χ1v) is 7.10. The lowest BCUT2D eigenvalue weighted by molar-refractivity contribution is 0.416. The molecule has 2 aromatic rings. The van der Waals surface area contributed by atoms with E-state index in [1.807, 2.05) is 20.0 Å². The fourth-order valence-electron chi connectivity index (χ4n) is 2.02. The lowest BCUT2D eigenvalue weighted by Crippen LogP contribution is -2.35. The van der Waals surface area contributed by atoms with Crippen LogP contribution in [0, 0.1) is 6.92 Å². The molecule has 1 aromatic carbocycles. The number of nitrogens with one attached hydrogen (secondary N) is 1. The van der Waals surface area contributed by atoms with Gasteiger partial charge in [-0.1, -0.05) is 31.2 Å². The number of benzene rings is 1. The highest BCUT2D eigenvalue weighted by Crippen LogP contribution is 2.22. The fourth-order valence-corrected chi connectivity index (χ4v) is 2.02. The van der Waals surface area contributed by atoms with Crippen LogP contribution in [0.1, 0.15) is 37.9 Å². The average Bonchev–Trinajstić information content (AvgIpc) is 2.46. The average molecular weight is 269 g/mol. The van der Waals surface area contributed by atoms with Gasteiger partial charge in [0.05, 0.1) is 11.2 Å². The van der Waals surface area contributed by atoms with Crippen LogP contribution in [0.15, 0.2) is 30.3 Å². The summed E-state index contributed by atoms with van der Waals surface area (Å²) in [6.07, 6.45) is 1.06. The van der Waals surface area contributed by atoms with E-state index in [0.717, 1.165) is 29.2 Å². The molecule has 20 heavy (non-hydrogen) atoms. The quantitative estimate of drug-likeness (QED) is 0.923. The second-order valence-electron chi connectivity index (χ2n) is 5.64. The van der Waals surface area contributed by atoms with E-state index in [2.05, 4.69) is 55.3 Å². The molecule has 1 heterocycles. The lowest BCUT2D eigenvalue weighted by Gasteiger charge is -2.23. The summed E-state index contributed by atoms with van der Waals surface area (Å²) in [4.78, 5) is 9.29. The molecular formula is C17H23N3. The van der Waals surface area contributed by atoms with E-state index in [0.29, 0.717) is 0 Å². The molecule has 0 unspecified atom stereocenters. The second-order valence-corrected chi connectivity index (χ2v) is 5.64. The van der Waals surface area contributed by atoms with Gasteiger partial charge in [-0.25, -0.2) is 9.97 Å². The summed E-state index contributed by atoms with van der Waals surface area (Å²) in [7, 11) is 1.93. The van der Waals surface area contributed by atoms with Crippen molar-refractivity contribution < 1.29 is 0 Å². The van der Waals surface area contributed by atoms with Crippen LogP contribution < -0.4 is 5.32 Å². The molecule has 1 N–H and O–H groups in total. The van der Waals surface area contributed by atoms with E-state index in [1.54, 1.807) is 0 Å². The van der Waals surface area contributed by atoms with Crippen molar-refractivity contribution in [2.24, 2.45) is 0 Å². The summed E-state index contributed by atoms with van der Waals surface area (Å²) < 4.78 is 0. The molecule has 0 bridgehead atoms. The Morgan fingerprint density at radius 1 is 1.10 bits per heavy atom. The summed E-state index contributed by atoms with van der Waals surface area (Å²) in [5, 5.41) is 3.26. The molecule has 0 saturated carbocycles. The predicted molar refractivity (Wildman–Crippen MR) is 83.7 cm³/mol. The SMILES string of the molecule is CCc1ccc(-c2cc(C)nc(C(C)(C)NC)n2)cc1. The Bertz CT molecular complexity index is 586. The van der Waals surface area contributed by atoms with Gasteiger partial charge in [0, 0.05) is 11.3 Å². The molecule has 2 rings (SSSR count). The number of hydrogen-bond donors (Lipinski definition) is 1. The number of aryl methyl sites for hydroxylation is 2. The van der Waals surface area contributed by atoms with E-state index in [-0.39, 0.29) is 5.54 Å². The zero-order valence-electron chi connectivity index (χ0n) is 13.0. The Labute approximate surface area is 121 Å². The third-order valence-corrected chi connectivity index (χ3v) is 3.70. The van der Waals surface area contributed by atoms with Crippen molar-refractivity contribution in [1.29, 1.82) is 0 Å². The van der Waals surface area contributed by atoms with Crippen molar-refractivity contribution in [1.82, 2.24) is 15.3 Å². The van der Waals surface area contributed by atoms with Crippen LogP contribution in [0.2, 0.25) is 0 Å². The van der Waals surface area contributed by atoms with Crippen molar-refractivity contribution in [3.8, 4) is 11.3 Å². The third-order valence-electron chi connectivity index (χ3n) is 3.70. The molecule has 0 aliphatic rings. The minimum absolute atomic E-state index is 0.232. The summed E-state index contributed by atoms with van der Waals surface area (Å²) >= 11 is 0. The van der Waals surface area contributed by atoms with Crippen LogP contribution in [0.5, 0.6) is 0 Å². The van der Waals surface area contributed by atoms with Gasteiger partial charge in [-0.3, -0.25) is 0 Å². The summed E-state index contributed by atoms with van der Waals surface area (Å²) in [5.74, 6) is 0.828. The monoisotopic (exact) mass is 269 g/mol. The van der Waals surface area contributed by atoms with E-state index in [1.165, 1.54) is 5.56 Å². The maximum absolute atomic E-state index is 4.73. The Balaban J connectivity index is 2.46. The first-order chi connectivity index (χ1) is 9.46. The molecule has 1 aromatic heterocycles. The molecule has 0 aliphatic heterocycles. The molecule has 0 atom stereocenters. The fraction of sp³-hybridized carbons (Fsp3) is 0.412. The lowest BCUT2D eigenvalue weighted by atomic mass is 10.0. The summed E-state index contributed by atoms with van der Waals surface area (Å²) in [6.45, 7) is 8.36. The van der Waals surface area contributed by atoms with Gasteiger partial charge in [-0.2, -0.15) is 0 Å². The van der Waals surface area contributed by atoms with E-state index in [9.17, 15) is 0 Å². The molecule has 3 nitrogen and oxygen atoms in total. The van der Waals surface area contributed by atoms with Gasteiger partial charge < -0.3 is 5.32 Å². The zero-order valence-corrected chi connectivity index (χ0v) is 13.0. The van der Waals surface area contributed by atoms with Crippen LogP contribution in [0.25, 0.3) is 11.3 Å². The Morgan fingerprint density at radius 3 is 2.30 bits per heavy atom. The van der Waals surface area contributed by atoms with Crippen LogP contribution in [-0.4, -0.2) is 17.0 Å². The minimum Gasteiger partial charge on any atom is -0.308 e. The zero-order chi connectivity index (χ0) is 14.8. The normalized spacial score (nSPS) is 11.7. The maximum Gasteiger partial charge on any atom is 0.148 e. The first-order valence-electron chi connectivity index (χ1n) is 7.10. The standard InChI is InChI=1S/C17H23N3/c1-6-13-7-9-14(10-8-13)15-11-12(2)19-16(20-15)17(3,4)18-5/h7-11,18H,6H2,1-5H3. The molecule has 3 heteroatoms. The van der Waals surface area contributed by atoms with Gasteiger partial charge in [-0.05, 0) is 45.9 Å². The predicted octanol–water partition coefficient (Wildman–Crippen LogP) is 3.47. The largest absolute Gasteiger partial charge is 0.308 e. The Hall–Kier alpha value is -1.74. The van der Waals surface area contributed by atoms with Gasteiger partial charge in [0.15, 0.2) is 0 Å². The molecule has 0 aliphatic carbocycles. The van der Waals surface area contributed by atoms with Crippen LogP contribution >= 0.6 is 0 Å². The maximum atomic E-state index is 4.73. The summed E-state index contributed by atoms with van der Waals surface area (Å²) in [5.41, 5.74) is 4.23. The van der Waals surface area contributed by atoms with Crippen LogP contribution in [0.4, 0.5) is 0 Å². The summed E-state index contributed by atoms with van der Waals surface area (Å²) in [6, 6.07) is 10.6. The van der Waals surface area contributed by atoms with Gasteiger partial charge in [-0.15, -0.1) is 0 Å². The number of nitrogens with zero attached hydrogens (tertiary/aromatic N) is 2. The molecule has 0 radical (unpaired) electrons. The number of hydrogen-bond acceptors (Lipinski definition) is 3. The highest BCUT2D eigenvalue weighted by molar-refractivity contribution is 5.59. The molecule has 0 spiro atoms.